The number of carbonyl (C=O) groups is 2. The average Bonchev–Trinajstić information content (AvgIpc) is 3.38. The highest BCUT2D eigenvalue weighted by Gasteiger charge is 2.35. The second kappa shape index (κ2) is 12.9. The second-order valence-corrected chi connectivity index (χ2v) is 11.9. The van der Waals surface area contributed by atoms with E-state index >= 15 is 0 Å². The maximum absolute atomic E-state index is 13.1. The summed E-state index contributed by atoms with van der Waals surface area (Å²) in [5, 5.41) is 13.4. The number of aromatic nitrogens is 3. The first-order valence-electron chi connectivity index (χ1n) is 14.2. The van der Waals surface area contributed by atoms with Crippen LogP contribution in [-0.4, -0.2) is 70.4 Å². The predicted molar refractivity (Wildman–Crippen MR) is 166 cm³/mol. The number of hydrogen-bond donors (Lipinski definition) is 4. The molecule has 1 aromatic carbocycles. The Morgan fingerprint density at radius 1 is 1.17 bits per heavy atom. The van der Waals surface area contributed by atoms with Crippen molar-refractivity contribution >= 4 is 40.7 Å². The molecule has 3 aromatic rings. The highest BCUT2D eigenvalue weighted by Crippen LogP contribution is 2.38. The molecule has 2 aliphatic rings. The fourth-order valence-electron chi connectivity index (χ4n) is 5.62. The number of anilines is 3. The highest BCUT2D eigenvalue weighted by molar-refractivity contribution is 6.31. The molecule has 3 heterocycles. The van der Waals surface area contributed by atoms with Crippen molar-refractivity contribution in [1.82, 2.24) is 25.2 Å². The quantitative estimate of drug-likeness (QED) is 0.266. The van der Waals surface area contributed by atoms with Gasteiger partial charge in [-0.25, -0.2) is 15.0 Å². The summed E-state index contributed by atoms with van der Waals surface area (Å²) in [4.78, 5) is 40.7. The maximum Gasteiger partial charge on any atom is 0.270 e. The summed E-state index contributed by atoms with van der Waals surface area (Å²) in [5.41, 5.74) is 3.48. The van der Waals surface area contributed by atoms with E-state index in [9.17, 15) is 9.59 Å². The summed E-state index contributed by atoms with van der Waals surface area (Å²) in [6, 6.07) is 11.6. The molecule has 0 radical (unpaired) electrons. The van der Waals surface area contributed by atoms with Gasteiger partial charge in [0.15, 0.2) is 0 Å². The summed E-state index contributed by atoms with van der Waals surface area (Å²) in [7, 11) is 3.86. The Labute approximate surface area is 251 Å². The van der Waals surface area contributed by atoms with E-state index in [1.54, 1.807) is 24.4 Å². The molecule has 10 nitrogen and oxygen atoms in total. The summed E-state index contributed by atoms with van der Waals surface area (Å²) in [6.07, 6.45) is 9.86. The smallest absolute Gasteiger partial charge is 0.270 e. The third-order valence-corrected chi connectivity index (χ3v) is 7.96. The fourth-order valence-corrected chi connectivity index (χ4v) is 5.85. The van der Waals surface area contributed by atoms with Crippen LogP contribution in [0.15, 0.2) is 60.9 Å². The van der Waals surface area contributed by atoms with E-state index in [-0.39, 0.29) is 23.8 Å². The Morgan fingerprint density at radius 3 is 2.79 bits per heavy atom. The lowest BCUT2D eigenvalue weighted by Crippen LogP contribution is -2.51. The Bertz CT molecular complexity index is 1460. The minimum atomic E-state index is -0.428. The maximum atomic E-state index is 13.1. The summed E-state index contributed by atoms with van der Waals surface area (Å²) >= 11 is 6.55. The molecule has 220 valence electrons. The lowest BCUT2D eigenvalue weighted by molar-refractivity contribution is -0.111. The van der Waals surface area contributed by atoms with Crippen LogP contribution < -0.4 is 21.3 Å². The number of benzene rings is 1. The van der Waals surface area contributed by atoms with Gasteiger partial charge in [0.2, 0.25) is 11.9 Å². The molecule has 42 heavy (non-hydrogen) atoms. The van der Waals surface area contributed by atoms with Gasteiger partial charge in [-0.05, 0) is 70.5 Å². The van der Waals surface area contributed by atoms with Crippen molar-refractivity contribution in [2.24, 2.45) is 0 Å². The number of likely N-dealkylation sites (N-methyl/N-ethyl adjacent to an activating group) is 1. The van der Waals surface area contributed by atoms with E-state index in [0.29, 0.717) is 35.3 Å². The molecule has 11 heteroatoms. The molecule has 2 aromatic heterocycles. The topological polar surface area (TPSA) is 124 Å². The summed E-state index contributed by atoms with van der Waals surface area (Å²) < 4.78 is 0. The minimum absolute atomic E-state index is 0.0555. The van der Waals surface area contributed by atoms with Crippen molar-refractivity contribution in [3.05, 3.63) is 82.9 Å². The van der Waals surface area contributed by atoms with Crippen LogP contribution >= 0.6 is 11.6 Å². The monoisotopic (exact) mass is 588 g/mol. The second-order valence-electron chi connectivity index (χ2n) is 11.5. The van der Waals surface area contributed by atoms with E-state index in [4.69, 9.17) is 16.6 Å². The van der Waals surface area contributed by atoms with Gasteiger partial charge in [0, 0.05) is 42.4 Å². The van der Waals surface area contributed by atoms with Gasteiger partial charge in [-0.3, -0.25) is 9.59 Å². The van der Waals surface area contributed by atoms with Crippen molar-refractivity contribution in [2.75, 3.05) is 43.1 Å². The van der Waals surface area contributed by atoms with Crippen molar-refractivity contribution < 1.29 is 9.59 Å². The molecule has 4 N–H and O–H groups in total. The SMILES string of the molecule is CN(C)C/C=C/C(=O)Nc1ccc(C(=O)N[C@@]2(C)CCC[C@@H](Nc3ncc(Cl)c(C4CNc5ccccc54)n3)C2)nc1. The molecule has 1 aliphatic carbocycles. The average molecular weight is 589 g/mol. The van der Waals surface area contributed by atoms with E-state index in [0.717, 1.165) is 37.2 Å². The third-order valence-electron chi connectivity index (χ3n) is 7.66. The molecule has 5 rings (SSSR count). The van der Waals surface area contributed by atoms with Crippen LogP contribution in [0.3, 0.4) is 0 Å². The van der Waals surface area contributed by atoms with Crippen LogP contribution in [0, 0.1) is 0 Å². The number of amides is 2. The number of nitrogens with zero attached hydrogens (tertiary/aromatic N) is 4. The number of para-hydroxylation sites is 1. The number of hydrogen-bond acceptors (Lipinski definition) is 8. The predicted octanol–water partition coefficient (Wildman–Crippen LogP) is 4.68. The van der Waals surface area contributed by atoms with Crippen molar-refractivity contribution in [2.45, 2.75) is 50.1 Å². The molecule has 0 saturated heterocycles. The molecule has 1 saturated carbocycles. The van der Waals surface area contributed by atoms with Crippen LogP contribution in [0.4, 0.5) is 17.3 Å². The molecule has 3 atom stereocenters. The van der Waals surface area contributed by atoms with Gasteiger partial charge in [-0.15, -0.1) is 0 Å². The Kier molecular flexibility index (Phi) is 9.03. The zero-order valence-corrected chi connectivity index (χ0v) is 24.9. The fraction of sp³-hybridized carbons (Fsp3) is 0.387. The van der Waals surface area contributed by atoms with Crippen molar-refractivity contribution in [3.63, 3.8) is 0 Å². The van der Waals surface area contributed by atoms with Crippen molar-refractivity contribution in [3.8, 4) is 0 Å². The highest BCUT2D eigenvalue weighted by atomic mass is 35.5. The van der Waals surface area contributed by atoms with Gasteiger partial charge in [-0.2, -0.15) is 0 Å². The van der Waals surface area contributed by atoms with Crippen LogP contribution in [0.25, 0.3) is 0 Å². The van der Waals surface area contributed by atoms with Gasteiger partial charge >= 0.3 is 0 Å². The standard InChI is InChI=1S/C31H37ClN8O2/c1-31(39-29(42)26-13-12-21(17-33-26)36-27(41)11-7-15-40(2)3)14-6-8-20(16-31)37-30-35-19-24(32)28(38-30)23-18-34-25-10-5-4-9-22(23)25/h4-5,7,9-13,17,19-20,23,34H,6,8,14-16,18H2,1-3H3,(H,36,41)(H,39,42)(H,35,37,38)/b11-7+/t20-,23?,31+/m1/s1. The van der Waals surface area contributed by atoms with Gasteiger partial charge in [-0.1, -0.05) is 35.9 Å². The molecule has 0 spiro atoms. The van der Waals surface area contributed by atoms with Gasteiger partial charge in [0.25, 0.3) is 5.91 Å². The Hall–Kier alpha value is -4.02. The van der Waals surface area contributed by atoms with Gasteiger partial charge in [0.05, 0.1) is 28.8 Å². The minimum Gasteiger partial charge on any atom is -0.384 e. The molecular weight excluding hydrogens is 552 g/mol. The third kappa shape index (κ3) is 7.24. The Balaban J connectivity index is 1.19. The van der Waals surface area contributed by atoms with Gasteiger partial charge in [0.1, 0.15) is 5.69 Å². The zero-order valence-electron chi connectivity index (χ0n) is 24.2. The number of pyridine rings is 1. The largest absolute Gasteiger partial charge is 0.384 e. The number of rotatable bonds is 9. The zero-order chi connectivity index (χ0) is 29.7. The number of carbonyl (C=O) groups excluding carboxylic acids is 2. The summed E-state index contributed by atoms with van der Waals surface area (Å²) in [6.45, 7) is 3.46. The molecule has 0 bridgehead atoms. The first kappa shape index (κ1) is 29.5. The lowest BCUT2D eigenvalue weighted by atomic mass is 9.80. The van der Waals surface area contributed by atoms with Crippen LogP contribution in [0.2, 0.25) is 5.02 Å². The number of fused-ring (bicyclic) bond motifs is 1. The van der Waals surface area contributed by atoms with Crippen LogP contribution in [-0.2, 0) is 4.79 Å². The number of nitrogens with one attached hydrogen (secondary N) is 4. The first-order valence-corrected chi connectivity index (χ1v) is 14.6. The molecule has 2 amide bonds. The first-order chi connectivity index (χ1) is 20.2. The molecule has 1 aliphatic heterocycles. The molecular formula is C31H37ClN8O2. The normalized spacial score (nSPS) is 21.5. The molecule has 1 fully saturated rings. The van der Waals surface area contributed by atoms with Crippen molar-refractivity contribution in [1.29, 1.82) is 0 Å². The number of halogens is 1. The lowest BCUT2D eigenvalue weighted by Gasteiger charge is -2.39. The van der Waals surface area contributed by atoms with E-state index in [2.05, 4.69) is 50.3 Å². The van der Waals surface area contributed by atoms with E-state index < -0.39 is 5.54 Å². The molecule has 1 unspecified atom stereocenters. The van der Waals surface area contributed by atoms with E-state index in [1.807, 2.05) is 31.1 Å². The Morgan fingerprint density at radius 2 is 2.00 bits per heavy atom. The van der Waals surface area contributed by atoms with E-state index in [1.165, 1.54) is 17.8 Å². The van der Waals surface area contributed by atoms with Crippen LogP contribution in [0.5, 0.6) is 0 Å². The van der Waals surface area contributed by atoms with Crippen LogP contribution in [0.1, 0.15) is 60.3 Å². The van der Waals surface area contributed by atoms with Gasteiger partial charge < -0.3 is 26.2 Å². The summed E-state index contributed by atoms with van der Waals surface area (Å²) in [5.74, 6) is 0.0973.